The van der Waals surface area contributed by atoms with Crippen LogP contribution in [-0.2, 0) is 10.0 Å². The number of carboxylic acids is 1. The van der Waals surface area contributed by atoms with Gasteiger partial charge >= 0.3 is 5.97 Å². The van der Waals surface area contributed by atoms with Crippen LogP contribution in [0.2, 0.25) is 0 Å². The molecule has 0 fully saturated rings. The molecule has 3 rings (SSSR count). The van der Waals surface area contributed by atoms with Gasteiger partial charge in [-0.15, -0.1) is 0 Å². The number of aromatic amines is 1. The Morgan fingerprint density at radius 3 is 2.57 bits per heavy atom. The fraction of sp³-hybridized carbons (Fsp3) is 0.0667. The Morgan fingerprint density at radius 2 is 1.91 bits per heavy atom. The van der Waals surface area contributed by atoms with Crippen molar-refractivity contribution >= 4 is 32.6 Å². The van der Waals surface area contributed by atoms with Gasteiger partial charge < -0.3 is 5.11 Å². The van der Waals surface area contributed by atoms with Crippen molar-refractivity contribution in [3.05, 3.63) is 53.7 Å². The predicted molar refractivity (Wildman–Crippen MR) is 85.0 cm³/mol. The summed E-state index contributed by atoms with van der Waals surface area (Å²) in [6, 6.07) is 9.15. The third kappa shape index (κ3) is 2.88. The molecule has 8 heteroatoms. The normalized spacial score (nSPS) is 11.5. The van der Waals surface area contributed by atoms with Crippen molar-refractivity contribution in [2.45, 2.75) is 11.8 Å². The van der Waals surface area contributed by atoms with Gasteiger partial charge in [0.05, 0.1) is 27.9 Å². The zero-order chi connectivity index (χ0) is 16.6. The van der Waals surface area contributed by atoms with E-state index in [4.69, 9.17) is 0 Å². The van der Waals surface area contributed by atoms with Crippen LogP contribution < -0.4 is 4.72 Å². The average molecular weight is 331 g/mol. The molecule has 0 spiro atoms. The molecule has 7 nitrogen and oxygen atoms in total. The van der Waals surface area contributed by atoms with Crippen molar-refractivity contribution in [2.75, 3.05) is 4.72 Å². The van der Waals surface area contributed by atoms with Gasteiger partial charge in [0.2, 0.25) is 0 Å². The van der Waals surface area contributed by atoms with Crippen LogP contribution in [0.4, 0.5) is 5.69 Å². The monoisotopic (exact) mass is 331 g/mol. The molecule has 0 bridgehead atoms. The third-order valence-corrected chi connectivity index (χ3v) is 4.76. The number of nitrogens with zero attached hydrogens (tertiary/aromatic N) is 1. The zero-order valence-corrected chi connectivity index (χ0v) is 12.9. The van der Waals surface area contributed by atoms with Gasteiger partial charge in [-0.1, -0.05) is 17.7 Å². The van der Waals surface area contributed by atoms with Crippen LogP contribution in [0.5, 0.6) is 0 Å². The standard InChI is InChI=1S/C15H13N3O4S/c1-9-2-4-12(5-3-9)23(21,22)18-11-6-10-8-16-17-14(10)13(7-11)15(19)20/h2-8,18H,1H3,(H,16,17)(H,19,20). The molecule has 0 amide bonds. The molecule has 2 aromatic carbocycles. The zero-order valence-electron chi connectivity index (χ0n) is 12.1. The first-order chi connectivity index (χ1) is 10.9. The first-order valence-electron chi connectivity index (χ1n) is 6.67. The molecule has 0 unspecified atom stereocenters. The fourth-order valence-electron chi connectivity index (χ4n) is 2.22. The smallest absolute Gasteiger partial charge is 0.337 e. The average Bonchev–Trinajstić information content (AvgIpc) is 2.94. The molecular formula is C15H13N3O4S. The Morgan fingerprint density at radius 1 is 1.22 bits per heavy atom. The van der Waals surface area contributed by atoms with Crippen molar-refractivity contribution in [1.82, 2.24) is 10.2 Å². The molecule has 3 N–H and O–H groups in total. The number of benzene rings is 2. The molecule has 118 valence electrons. The maximum Gasteiger partial charge on any atom is 0.337 e. The van der Waals surface area contributed by atoms with E-state index in [9.17, 15) is 18.3 Å². The number of hydrogen-bond donors (Lipinski definition) is 3. The van der Waals surface area contributed by atoms with Gasteiger partial charge in [-0.05, 0) is 31.2 Å². The highest BCUT2D eigenvalue weighted by molar-refractivity contribution is 7.92. The molecule has 0 atom stereocenters. The van der Waals surface area contributed by atoms with E-state index in [1.165, 1.54) is 30.5 Å². The lowest BCUT2D eigenvalue weighted by Gasteiger charge is -2.09. The number of rotatable bonds is 4. The van der Waals surface area contributed by atoms with E-state index in [0.717, 1.165) is 5.56 Å². The number of nitrogens with one attached hydrogen (secondary N) is 2. The van der Waals surface area contributed by atoms with Gasteiger partial charge in [0.15, 0.2) is 0 Å². The number of aromatic carboxylic acids is 1. The molecule has 1 aromatic heterocycles. The number of anilines is 1. The molecular weight excluding hydrogens is 318 g/mol. The number of aromatic nitrogens is 2. The van der Waals surface area contributed by atoms with E-state index >= 15 is 0 Å². The molecule has 0 saturated carbocycles. The summed E-state index contributed by atoms with van der Waals surface area (Å²) < 4.78 is 27.2. The molecule has 0 saturated heterocycles. The number of aryl methyl sites for hydroxylation is 1. The topological polar surface area (TPSA) is 112 Å². The Labute approximate surface area is 132 Å². The summed E-state index contributed by atoms with van der Waals surface area (Å²) in [5.41, 5.74) is 1.39. The highest BCUT2D eigenvalue weighted by atomic mass is 32.2. The predicted octanol–water partition coefficient (Wildman–Crippen LogP) is 2.37. The van der Waals surface area contributed by atoms with E-state index in [-0.39, 0.29) is 16.1 Å². The number of hydrogen-bond acceptors (Lipinski definition) is 4. The molecule has 23 heavy (non-hydrogen) atoms. The number of fused-ring (bicyclic) bond motifs is 1. The first kappa shape index (κ1) is 15.0. The van der Waals surface area contributed by atoms with Crippen LogP contribution >= 0.6 is 0 Å². The molecule has 0 aliphatic rings. The van der Waals surface area contributed by atoms with Crippen molar-refractivity contribution in [3.63, 3.8) is 0 Å². The lowest BCUT2D eigenvalue weighted by atomic mass is 10.1. The molecule has 0 aliphatic carbocycles. The second-order valence-corrected chi connectivity index (χ2v) is 6.76. The van der Waals surface area contributed by atoms with Gasteiger partial charge in [-0.25, -0.2) is 13.2 Å². The SMILES string of the molecule is Cc1ccc(S(=O)(=O)Nc2cc(C(=O)O)c3[nH]ncc3c2)cc1. The Balaban J connectivity index is 2.04. The second-order valence-electron chi connectivity index (χ2n) is 5.08. The van der Waals surface area contributed by atoms with Gasteiger partial charge in [0.25, 0.3) is 10.0 Å². The minimum Gasteiger partial charge on any atom is -0.478 e. The summed E-state index contributed by atoms with van der Waals surface area (Å²) in [4.78, 5) is 11.4. The number of H-pyrrole nitrogens is 1. The molecule has 3 aromatic rings. The first-order valence-corrected chi connectivity index (χ1v) is 8.15. The van der Waals surface area contributed by atoms with Crippen molar-refractivity contribution in [3.8, 4) is 0 Å². The van der Waals surface area contributed by atoms with Gasteiger partial charge in [-0.2, -0.15) is 5.10 Å². The van der Waals surface area contributed by atoms with E-state index < -0.39 is 16.0 Å². The highest BCUT2D eigenvalue weighted by Crippen LogP contribution is 2.24. The van der Waals surface area contributed by atoms with E-state index in [2.05, 4.69) is 14.9 Å². The largest absolute Gasteiger partial charge is 0.478 e. The Hall–Kier alpha value is -2.87. The lowest BCUT2D eigenvalue weighted by molar-refractivity contribution is 0.0699. The molecule has 0 radical (unpaired) electrons. The Kier molecular flexibility index (Phi) is 3.53. The van der Waals surface area contributed by atoms with Crippen molar-refractivity contribution in [1.29, 1.82) is 0 Å². The maximum atomic E-state index is 12.4. The minimum atomic E-state index is -3.80. The minimum absolute atomic E-state index is 0.0541. The van der Waals surface area contributed by atoms with Gasteiger partial charge in [-0.3, -0.25) is 9.82 Å². The van der Waals surface area contributed by atoms with E-state index in [0.29, 0.717) is 10.9 Å². The third-order valence-electron chi connectivity index (χ3n) is 3.36. The fourth-order valence-corrected chi connectivity index (χ4v) is 3.26. The van der Waals surface area contributed by atoms with Crippen LogP contribution in [0, 0.1) is 6.92 Å². The summed E-state index contributed by atoms with van der Waals surface area (Å²) in [5, 5.41) is 16.1. The summed E-state index contributed by atoms with van der Waals surface area (Å²) in [6.45, 7) is 1.86. The summed E-state index contributed by atoms with van der Waals surface area (Å²) in [6.07, 6.45) is 1.44. The van der Waals surface area contributed by atoms with Crippen LogP contribution in [0.15, 0.2) is 47.5 Å². The highest BCUT2D eigenvalue weighted by Gasteiger charge is 2.17. The van der Waals surface area contributed by atoms with Crippen molar-refractivity contribution in [2.24, 2.45) is 0 Å². The summed E-state index contributed by atoms with van der Waals surface area (Å²) in [7, 11) is -3.80. The quantitative estimate of drug-likeness (QED) is 0.679. The van der Waals surface area contributed by atoms with Crippen molar-refractivity contribution < 1.29 is 18.3 Å². The number of sulfonamides is 1. The van der Waals surface area contributed by atoms with E-state index in [1.54, 1.807) is 12.1 Å². The van der Waals surface area contributed by atoms with Gasteiger partial charge in [0.1, 0.15) is 0 Å². The molecule has 1 heterocycles. The molecule has 0 aliphatic heterocycles. The van der Waals surface area contributed by atoms with Gasteiger partial charge in [0, 0.05) is 5.39 Å². The van der Waals surface area contributed by atoms with E-state index in [1.807, 2.05) is 6.92 Å². The summed E-state index contributed by atoms with van der Waals surface area (Å²) >= 11 is 0. The van der Waals surface area contributed by atoms with Crippen LogP contribution in [0.1, 0.15) is 15.9 Å². The van der Waals surface area contributed by atoms with Crippen LogP contribution in [0.25, 0.3) is 10.9 Å². The Bertz CT molecular complexity index is 991. The van der Waals surface area contributed by atoms with Crippen LogP contribution in [-0.4, -0.2) is 29.7 Å². The van der Waals surface area contributed by atoms with Crippen LogP contribution in [0.3, 0.4) is 0 Å². The summed E-state index contributed by atoms with van der Waals surface area (Å²) in [5.74, 6) is -1.17. The number of carboxylic acid groups (broad SMARTS) is 1. The lowest BCUT2D eigenvalue weighted by Crippen LogP contribution is -2.13. The number of carbonyl (C=O) groups is 1. The maximum absolute atomic E-state index is 12.4. The second kappa shape index (κ2) is 5.40.